The molecule has 0 aromatic heterocycles. The molecule has 3 nitrogen and oxygen atoms in total. The van der Waals surface area contributed by atoms with Crippen molar-refractivity contribution in [2.75, 3.05) is 31.7 Å². The smallest absolute Gasteiger partial charge is 0.0637 e. The fourth-order valence-corrected chi connectivity index (χ4v) is 2.90. The molecule has 120 valence electrons. The van der Waals surface area contributed by atoms with Gasteiger partial charge in [0.05, 0.1) is 12.3 Å². The first-order valence-corrected chi connectivity index (χ1v) is 8.49. The van der Waals surface area contributed by atoms with Crippen molar-refractivity contribution in [1.29, 1.82) is 0 Å². The summed E-state index contributed by atoms with van der Waals surface area (Å²) >= 11 is 3.72. The number of hydrogen-bond donors (Lipinski definition) is 1. The Morgan fingerprint density at radius 2 is 1.95 bits per heavy atom. The monoisotopic (exact) mass is 356 g/mol. The predicted octanol–water partition coefficient (Wildman–Crippen LogP) is 4.06. The normalized spacial score (nSPS) is 11.4. The van der Waals surface area contributed by atoms with Crippen molar-refractivity contribution in [2.45, 2.75) is 40.3 Å². The van der Waals surface area contributed by atoms with Crippen LogP contribution < -0.4 is 10.2 Å². The van der Waals surface area contributed by atoms with E-state index in [1.54, 1.807) is 7.11 Å². The summed E-state index contributed by atoms with van der Waals surface area (Å²) in [4.78, 5) is 2.36. The third kappa shape index (κ3) is 6.37. The molecule has 0 unspecified atom stereocenters. The zero-order valence-corrected chi connectivity index (χ0v) is 15.5. The van der Waals surface area contributed by atoms with E-state index in [0.29, 0.717) is 12.0 Å². The fourth-order valence-electron chi connectivity index (χ4n) is 2.24. The molecule has 1 aromatic rings. The van der Waals surface area contributed by atoms with E-state index in [0.717, 1.165) is 30.7 Å². The number of hydrogen-bond acceptors (Lipinski definition) is 3. The van der Waals surface area contributed by atoms with Crippen molar-refractivity contribution >= 4 is 21.6 Å². The van der Waals surface area contributed by atoms with E-state index in [1.807, 2.05) is 0 Å². The lowest BCUT2D eigenvalue weighted by molar-refractivity contribution is 0.204. The molecule has 0 heterocycles. The number of anilines is 1. The van der Waals surface area contributed by atoms with E-state index in [4.69, 9.17) is 4.74 Å². The Kier molecular flexibility index (Phi) is 8.30. The van der Waals surface area contributed by atoms with Crippen molar-refractivity contribution in [1.82, 2.24) is 5.32 Å². The molecule has 4 heteroatoms. The largest absolute Gasteiger partial charge is 0.383 e. The summed E-state index contributed by atoms with van der Waals surface area (Å²) in [5.74, 6) is 0.679. The molecule has 0 fully saturated rings. The standard InChI is InChI=1S/C17H29BrN2O/c1-13(2)11-19-12-15-6-7-17(16(18)10-15)20(14(3)4)8-9-21-5/h6-7,10,13-14,19H,8-9,11-12H2,1-5H3. The van der Waals surface area contributed by atoms with Crippen LogP contribution in [0, 0.1) is 5.92 Å². The Bertz CT molecular complexity index is 421. The molecule has 0 aliphatic carbocycles. The van der Waals surface area contributed by atoms with Crippen LogP contribution in [0.4, 0.5) is 5.69 Å². The summed E-state index contributed by atoms with van der Waals surface area (Å²) < 4.78 is 6.37. The number of ether oxygens (including phenoxy) is 1. The van der Waals surface area contributed by atoms with Crippen molar-refractivity contribution in [3.63, 3.8) is 0 Å². The summed E-state index contributed by atoms with van der Waals surface area (Å²) in [5.41, 5.74) is 2.54. The molecule has 0 saturated carbocycles. The molecule has 0 bridgehead atoms. The molecule has 0 atom stereocenters. The van der Waals surface area contributed by atoms with Gasteiger partial charge in [0.1, 0.15) is 0 Å². The van der Waals surface area contributed by atoms with Gasteiger partial charge < -0.3 is 15.0 Å². The first-order valence-electron chi connectivity index (χ1n) is 7.70. The van der Waals surface area contributed by atoms with Gasteiger partial charge >= 0.3 is 0 Å². The van der Waals surface area contributed by atoms with Gasteiger partial charge in [-0.05, 0) is 59.9 Å². The molecule has 0 aliphatic rings. The van der Waals surface area contributed by atoms with E-state index in [2.05, 4.69) is 72.0 Å². The third-order valence-corrected chi connectivity index (χ3v) is 4.00. The van der Waals surface area contributed by atoms with Gasteiger partial charge in [-0.3, -0.25) is 0 Å². The van der Waals surface area contributed by atoms with Crippen LogP contribution in [0.3, 0.4) is 0 Å². The number of halogens is 1. The molecule has 0 amide bonds. The number of rotatable bonds is 9. The lowest BCUT2D eigenvalue weighted by Crippen LogP contribution is -2.34. The summed E-state index contributed by atoms with van der Waals surface area (Å²) in [6.45, 7) is 12.5. The molecule has 21 heavy (non-hydrogen) atoms. The average molecular weight is 357 g/mol. The molecule has 1 N–H and O–H groups in total. The summed E-state index contributed by atoms with van der Waals surface area (Å²) in [6.07, 6.45) is 0. The highest BCUT2D eigenvalue weighted by Gasteiger charge is 2.13. The van der Waals surface area contributed by atoms with Gasteiger partial charge in [-0.25, -0.2) is 0 Å². The Hall–Kier alpha value is -0.580. The molecular weight excluding hydrogens is 328 g/mol. The molecular formula is C17H29BrN2O. The second kappa shape index (κ2) is 9.44. The Balaban J connectivity index is 2.75. The average Bonchev–Trinajstić information content (AvgIpc) is 2.40. The van der Waals surface area contributed by atoms with Gasteiger partial charge in [0, 0.05) is 30.7 Å². The zero-order valence-electron chi connectivity index (χ0n) is 13.9. The highest BCUT2D eigenvalue weighted by molar-refractivity contribution is 9.10. The van der Waals surface area contributed by atoms with Crippen LogP contribution in [0.2, 0.25) is 0 Å². The molecule has 1 rings (SSSR count). The fraction of sp³-hybridized carbons (Fsp3) is 0.647. The molecule has 0 saturated heterocycles. The quantitative estimate of drug-likeness (QED) is 0.721. The Morgan fingerprint density at radius 1 is 1.24 bits per heavy atom. The highest BCUT2D eigenvalue weighted by atomic mass is 79.9. The second-order valence-electron chi connectivity index (χ2n) is 6.09. The first kappa shape index (κ1) is 18.5. The predicted molar refractivity (Wildman–Crippen MR) is 95.0 cm³/mol. The van der Waals surface area contributed by atoms with Gasteiger partial charge in [-0.15, -0.1) is 0 Å². The van der Waals surface area contributed by atoms with Gasteiger partial charge in [0.25, 0.3) is 0 Å². The van der Waals surface area contributed by atoms with Crippen LogP contribution in [-0.2, 0) is 11.3 Å². The van der Waals surface area contributed by atoms with Gasteiger partial charge in [0.15, 0.2) is 0 Å². The second-order valence-corrected chi connectivity index (χ2v) is 6.94. The molecule has 1 aromatic carbocycles. The summed E-state index contributed by atoms with van der Waals surface area (Å²) in [6, 6.07) is 7.06. The third-order valence-electron chi connectivity index (χ3n) is 3.36. The minimum atomic E-state index is 0.446. The first-order chi connectivity index (χ1) is 9.95. The van der Waals surface area contributed by atoms with E-state index < -0.39 is 0 Å². The maximum Gasteiger partial charge on any atom is 0.0637 e. The van der Waals surface area contributed by atoms with E-state index >= 15 is 0 Å². The van der Waals surface area contributed by atoms with Gasteiger partial charge in [0.2, 0.25) is 0 Å². The summed E-state index contributed by atoms with van der Waals surface area (Å²) in [7, 11) is 1.75. The van der Waals surface area contributed by atoms with Crippen LogP contribution >= 0.6 is 15.9 Å². The Morgan fingerprint density at radius 3 is 2.48 bits per heavy atom. The van der Waals surface area contributed by atoms with Gasteiger partial charge in [-0.2, -0.15) is 0 Å². The van der Waals surface area contributed by atoms with Crippen LogP contribution in [-0.4, -0.2) is 32.8 Å². The van der Waals surface area contributed by atoms with Crippen LogP contribution in [0.25, 0.3) is 0 Å². The zero-order chi connectivity index (χ0) is 15.8. The topological polar surface area (TPSA) is 24.5 Å². The number of nitrogens with zero attached hydrogens (tertiary/aromatic N) is 1. The maximum absolute atomic E-state index is 5.22. The SMILES string of the molecule is COCCN(c1ccc(CNCC(C)C)cc1Br)C(C)C. The van der Waals surface area contributed by atoms with Crippen molar-refractivity contribution in [3.8, 4) is 0 Å². The Labute approximate surface area is 138 Å². The number of benzene rings is 1. The van der Waals surface area contributed by atoms with Crippen molar-refractivity contribution in [2.24, 2.45) is 5.92 Å². The highest BCUT2D eigenvalue weighted by Crippen LogP contribution is 2.28. The number of nitrogens with one attached hydrogen (secondary N) is 1. The van der Waals surface area contributed by atoms with Crippen molar-refractivity contribution in [3.05, 3.63) is 28.2 Å². The lowest BCUT2D eigenvalue weighted by Gasteiger charge is -2.30. The maximum atomic E-state index is 5.22. The minimum absolute atomic E-state index is 0.446. The van der Waals surface area contributed by atoms with Crippen molar-refractivity contribution < 1.29 is 4.74 Å². The van der Waals surface area contributed by atoms with Crippen LogP contribution in [0.5, 0.6) is 0 Å². The minimum Gasteiger partial charge on any atom is -0.383 e. The van der Waals surface area contributed by atoms with Crippen LogP contribution in [0.1, 0.15) is 33.3 Å². The molecule has 0 aliphatic heterocycles. The number of methoxy groups -OCH3 is 1. The lowest BCUT2D eigenvalue weighted by atomic mass is 10.1. The summed E-state index contributed by atoms with van der Waals surface area (Å²) in [5, 5.41) is 3.48. The molecule has 0 spiro atoms. The van der Waals surface area contributed by atoms with Crippen LogP contribution in [0.15, 0.2) is 22.7 Å². The molecule has 0 radical (unpaired) electrons. The van der Waals surface area contributed by atoms with Gasteiger partial charge in [-0.1, -0.05) is 19.9 Å². The van der Waals surface area contributed by atoms with E-state index in [9.17, 15) is 0 Å². The van der Waals surface area contributed by atoms with E-state index in [1.165, 1.54) is 11.3 Å². The van der Waals surface area contributed by atoms with E-state index in [-0.39, 0.29) is 0 Å².